The number of nitrogens with two attached hydrogens (primary N) is 1. The minimum absolute atomic E-state index is 0.254. The van der Waals surface area contributed by atoms with Gasteiger partial charge in [-0.3, -0.25) is 9.69 Å². The van der Waals surface area contributed by atoms with Crippen LogP contribution in [0.15, 0.2) is 42.5 Å². The molecule has 1 aliphatic rings. The highest BCUT2D eigenvalue weighted by molar-refractivity contribution is 6.30. The van der Waals surface area contributed by atoms with Gasteiger partial charge in [0.1, 0.15) is 12.0 Å². The largest absolute Gasteiger partial charge is 0.466 e. The molecule has 30 heavy (non-hydrogen) atoms. The van der Waals surface area contributed by atoms with Crippen LogP contribution in [0.3, 0.4) is 0 Å². The molecule has 0 aromatic heterocycles. The van der Waals surface area contributed by atoms with E-state index in [2.05, 4.69) is 0 Å². The Morgan fingerprint density at radius 3 is 2.60 bits per heavy atom. The van der Waals surface area contributed by atoms with Crippen molar-refractivity contribution in [3.63, 3.8) is 0 Å². The van der Waals surface area contributed by atoms with Crippen LogP contribution in [-0.2, 0) is 16.0 Å². The topological polar surface area (TPSA) is 55.6 Å². The van der Waals surface area contributed by atoms with Crippen molar-refractivity contribution in [3.05, 3.63) is 58.9 Å². The summed E-state index contributed by atoms with van der Waals surface area (Å²) in [7, 11) is 0. The molecule has 0 radical (unpaired) electrons. The second kappa shape index (κ2) is 10.3. The number of halogens is 3. The number of hydrogen-bond acceptors (Lipinski definition) is 4. The number of likely N-dealkylation sites (tertiary alicyclic amines) is 1. The van der Waals surface area contributed by atoms with E-state index in [4.69, 9.17) is 22.1 Å². The van der Waals surface area contributed by atoms with Gasteiger partial charge in [-0.25, -0.2) is 8.78 Å². The van der Waals surface area contributed by atoms with Gasteiger partial charge in [0.05, 0.1) is 12.5 Å². The molecule has 0 bridgehead atoms. The lowest BCUT2D eigenvalue weighted by atomic mass is 9.93. The Morgan fingerprint density at radius 2 is 1.97 bits per heavy atom. The molecule has 1 aliphatic heterocycles. The fourth-order valence-corrected chi connectivity index (χ4v) is 3.94. The SMILES string of the molecule is CCOC(=O)C(CC(N)Cc1ccc(-c2cc(Cl)ccc2F)cc1)CN1CC(F)C1. The van der Waals surface area contributed by atoms with Crippen molar-refractivity contribution in [1.82, 2.24) is 4.90 Å². The van der Waals surface area contributed by atoms with Crippen molar-refractivity contribution in [1.29, 1.82) is 0 Å². The van der Waals surface area contributed by atoms with E-state index in [1.807, 2.05) is 29.2 Å². The number of carbonyl (C=O) groups is 1. The predicted octanol–water partition coefficient (Wildman–Crippen LogP) is 4.24. The van der Waals surface area contributed by atoms with Gasteiger partial charge in [-0.2, -0.15) is 0 Å². The molecule has 1 saturated heterocycles. The van der Waals surface area contributed by atoms with E-state index < -0.39 is 6.17 Å². The van der Waals surface area contributed by atoms with Crippen LogP contribution in [-0.4, -0.2) is 49.3 Å². The maximum atomic E-state index is 14.1. The van der Waals surface area contributed by atoms with Gasteiger partial charge in [0.2, 0.25) is 0 Å². The summed E-state index contributed by atoms with van der Waals surface area (Å²) in [5.41, 5.74) is 8.49. The van der Waals surface area contributed by atoms with Gasteiger partial charge < -0.3 is 10.5 Å². The molecule has 0 saturated carbocycles. The fraction of sp³-hybridized carbons (Fsp3) is 0.435. The summed E-state index contributed by atoms with van der Waals surface area (Å²) in [6, 6.07) is 11.7. The smallest absolute Gasteiger partial charge is 0.310 e. The first-order valence-corrected chi connectivity index (χ1v) is 10.6. The van der Waals surface area contributed by atoms with Crippen LogP contribution in [0.1, 0.15) is 18.9 Å². The highest BCUT2D eigenvalue weighted by Crippen LogP contribution is 2.27. The fourth-order valence-electron chi connectivity index (χ4n) is 3.76. The first kappa shape index (κ1) is 22.7. The zero-order valence-electron chi connectivity index (χ0n) is 17.0. The molecular weight excluding hydrogens is 410 g/mol. The first-order valence-electron chi connectivity index (χ1n) is 10.2. The van der Waals surface area contributed by atoms with Gasteiger partial charge in [0.25, 0.3) is 0 Å². The highest BCUT2D eigenvalue weighted by Gasteiger charge is 2.32. The van der Waals surface area contributed by atoms with Crippen molar-refractivity contribution >= 4 is 17.6 Å². The molecule has 0 aliphatic carbocycles. The normalized spacial score (nSPS) is 16.7. The molecule has 0 spiro atoms. The second-order valence-corrected chi connectivity index (χ2v) is 8.22. The Labute approximate surface area is 181 Å². The third-order valence-electron chi connectivity index (χ3n) is 5.29. The van der Waals surface area contributed by atoms with Crippen LogP contribution in [0.5, 0.6) is 0 Å². The lowest BCUT2D eigenvalue weighted by molar-refractivity contribution is -0.150. The standard InChI is InChI=1S/C23H27ClF2N2O2/c1-2-30-23(29)17(12-28-13-19(25)14-28)10-20(27)9-15-3-5-16(6-4-15)21-11-18(24)7-8-22(21)26/h3-8,11,17,19-20H,2,9-10,12-14,27H2,1H3. The van der Waals surface area contributed by atoms with Crippen molar-refractivity contribution in [3.8, 4) is 11.1 Å². The summed E-state index contributed by atoms with van der Waals surface area (Å²) < 4.78 is 32.3. The number of alkyl halides is 1. The minimum Gasteiger partial charge on any atom is -0.466 e. The highest BCUT2D eigenvalue weighted by atomic mass is 35.5. The molecule has 2 atom stereocenters. The van der Waals surface area contributed by atoms with Crippen LogP contribution in [0, 0.1) is 11.7 Å². The number of ether oxygens (including phenoxy) is 1. The van der Waals surface area contributed by atoms with Crippen LogP contribution in [0.2, 0.25) is 5.02 Å². The van der Waals surface area contributed by atoms with Crippen molar-refractivity contribution < 1.29 is 18.3 Å². The van der Waals surface area contributed by atoms with Crippen molar-refractivity contribution in [2.45, 2.75) is 32.0 Å². The first-order chi connectivity index (χ1) is 14.4. The zero-order valence-corrected chi connectivity index (χ0v) is 17.7. The van der Waals surface area contributed by atoms with Crippen molar-refractivity contribution in [2.75, 3.05) is 26.2 Å². The van der Waals surface area contributed by atoms with Gasteiger partial charge in [0.15, 0.2) is 0 Å². The molecule has 3 rings (SSSR count). The average Bonchev–Trinajstić information content (AvgIpc) is 2.69. The molecular formula is C23H27ClF2N2O2. The maximum Gasteiger partial charge on any atom is 0.310 e. The Bertz CT molecular complexity index is 857. The molecule has 4 nitrogen and oxygen atoms in total. The van der Waals surface area contributed by atoms with Gasteiger partial charge >= 0.3 is 5.97 Å². The van der Waals surface area contributed by atoms with E-state index in [1.165, 1.54) is 12.1 Å². The molecule has 7 heteroatoms. The molecule has 162 valence electrons. The molecule has 2 aromatic carbocycles. The number of carbonyl (C=O) groups excluding carboxylic acids is 1. The van der Waals surface area contributed by atoms with Gasteiger partial charge in [0, 0.05) is 36.3 Å². The van der Waals surface area contributed by atoms with Gasteiger partial charge in [-0.1, -0.05) is 35.9 Å². The van der Waals surface area contributed by atoms with Crippen LogP contribution < -0.4 is 5.73 Å². The third-order valence-corrected chi connectivity index (χ3v) is 5.52. The average molecular weight is 437 g/mol. The zero-order chi connectivity index (χ0) is 21.7. The minimum atomic E-state index is -0.815. The summed E-state index contributed by atoms with van der Waals surface area (Å²) in [5, 5.41) is 0.476. The Morgan fingerprint density at radius 1 is 1.27 bits per heavy atom. The summed E-state index contributed by atoms with van der Waals surface area (Å²) in [4.78, 5) is 14.2. The molecule has 2 unspecified atom stereocenters. The summed E-state index contributed by atoms with van der Waals surface area (Å²) in [6.45, 7) is 3.23. The maximum absolute atomic E-state index is 14.1. The van der Waals surface area contributed by atoms with Gasteiger partial charge in [-0.15, -0.1) is 0 Å². The third kappa shape index (κ3) is 6.00. The predicted molar refractivity (Wildman–Crippen MR) is 115 cm³/mol. The van der Waals surface area contributed by atoms with Crippen LogP contribution >= 0.6 is 11.6 Å². The van der Waals surface area contributed by atoms with E-state index in [0.29, 0.717) is 49.7 Å². The van der Waals surface area contributed by atoms with E-state index in [0.717, 1.165) is 11.1 Å². The van der Waals surface area contributed by atoms with E-state index >= 15 is 0 Å². The molecule has 2 N–H and O–H groups in total. The summed E-state index contributed by atoms with van der Waals surface area (Å²) in [5.74, 6) is -1.00. The molecule has 1 fully saturated rings. The molecule has 1 heterocycles. The lowest BCUT2D eigenvalue weighted by Gasteiger charge is -2.36. The van der Waals surface area contributed by atoms with Crippen LogP contribution in [0.4, 0.5) is 8.78 Å². The van der Waals surface area contributed by atoms with E-state index in [1.54, 1.807) is 13.0 Å². The Balaban J connectivity index is 1.61. The summed E-state index contributed by atoms with van der Waals surface area (Å²) >= 11 is 5.98. The number of hydrogen-bond donors (Lipinski definition) is 1. The van der Waals surface area contributed by atoms with E-state index in [9.17, 15) is 13.6 Å². The number of benzene rings is 2. The number of nitrogens with zero attached hydrogens (tertiary/aromatic N) is 1. The quantitative estimate of drug-likeness (QED) is 0.597. The number of rotatable bonds is 9. The monoisotopic (exact) mass is 436 g/mol. The molecule has 0 amide bonds. The van der Waals surface area contributed by atoms with E-state index in [-0.39, 0.29) is 23.7 Å². The van der Waals surface area contributed by atoms with Crippen molar-refractivity contribution in [2.24, 2.45) is 11.7 Å². The second-order valence-electron chi connectivity index (χ2n) is 7.79. The van der Waals surface area contributed by atoms with Gasteiger partial charge in [-0.05, 0) is 49.1 Å². The Kier molecular flexibility index (Phi) is 7.81. The lowest BCUT2D eigenvalue weighted by Crippen LogP contribution is -2.51. The number of esters is 1. The Hall–Kier alpha value is -2.02. The summed E-state index contributed by atoms with van der Waals surface area (Å²) in [6.07, 6.45) is 0.209. The molecule has 2 aromatic rings. The van der Waals surface area contributed by atoms with Crippen LogP contribution in [0.25, 0.3) is 11.1 Å².